The second kappa shape index (κ2) is 6.44. The quantitative estimate of drug-likeness (QED) is 0.902. The first-order valence-corrected chi connectivity index (χ1v) is 7.72. The Morgan fingerprint density at radius 3 is 2.48 bits per heavy atom. The number of hydrogen-bond donors (Lipinski definition) is 1. The van der Waals surface area contributed by atoms with Gasteiger partial charge in [0.2, 0.25) is 5.66 Å². The van der Waals surface area contributed by atoms with Crippen molar-refractivity contribution in [3.05, 3.63) is 76.8 Å². The molecular weight excluding hydrogens is 310 g/mol. The van der Waals surface area contributed by atoms with Crippen LogP contribution >= 0.6 is 11.6 Å². The van der Waals surface area contributed by atoms with Gasteiger partial charge in [0.1, 0.15) is 0 Å². The van der Waals surface area contributed by atoms with Crippen molar-refractivity contribution in [2.24, 2.45) is 16.0 Å². The van der Waals surface area contributed by atoms with Crippen LogP contribution in [0.1, 0.15) is 17.5 Å². The third-order valence-electron chi connectivity index (χ3n) is 3.75. The van der Waals surface area contributed by atoms with E-state index in [0.717, 1.165) is 11.1 Å². The lowest BCUT2D eigenvalue weighted by Gasteiger charge is -2.14. The molecule has 0 saturated carbocycles. The Hall–Kier alpha value is -2.30. The number of Topliss-reactive ketones (excluding diaryl/α,β-unsaturated/α-hetero) is 1. The molecule has 0 spiro atoms. The third-order valence-corrected chi connectivity index (χ3v) is 4.00. The first-order valence-electron chi connectivity index (χ1n) is 7.35. The highest BCUT2D eigenvalue weighted by Crippen LogP contribution is 2.29. The number of ketones is 1. The van der Waals surface area contributed by atoms with Crippen molar-refractivity contribution in [2.75, 3.05) is 0 Å². The Morgan fingerprint density at radius 2 is 1.78 bits per heavy atom. The smallest absolute Gasteiger partial charge is 0.209 e. The molecule has 2 aromatic carbocycles. The summed E-state index contributed by atoms with van der Waals surface area (Å²) in [5.74, 6) is -0.144. The van der Waals surface area contributed by atoms with Crippen molar-refractivity contribution in [1.29, 1.82) is 0 Å². The van der Waals surface area contributed by atoms with Crippen LogP contribution in [0.25, 0.3) is 5.70 Å². The molecule has 0 aromatic heterocycles. The topological polar surface area (TPSA) is 67.8 Å². The van der Waals surface area contributed by atoms with Crippen LogP contribution in [0.15, 0.2) is 70.9 Å². The SMILES string of the molecule is NC1(C(=O)CCc2ccccc2)C=C(c2ccc(Cl)cc2)N=N1. The zero-order chi connectivity index (χ0) is 16.3. The van der Waals surface area contributed by atoms with E-state index >= 15 is 0 Å². The minimum Gasteiger partial charge on any atom is -0.296 e. The number of rotatable bonds is 5. The molecule has 0 aliphatic carbocycles. The molecule has 5 heteroatoms. The van der Waals surface area contributed by atoms with Crippen LogP contribution in [0.4, 0.5) is 0 Å². The van der Waals surface area contributed by atoms with Gasteiger partial charge in [-0.05, 0) is 30.2 Å². The summed E-state index contributed by atoms with van der Waals surface area (Å²) < 4.78 is 0. The maximum atomic E-state index is 12.4. The van der Waals surface area contributed by atoms with Gasteiger partial charge in [0.05, 0.1) is 5.70 Å². The molecule has 0 amide bonds. The van der Waals surface area contributed by atoms with E-state index in [-0.39, 0.29) is 5.78 Å². The fourth-order valence-electron chi connectivity index (χ4n) is 2.40. The number of azo groups is 1. The summed E-state index contributed by atoms with van der Waals surface area (Å²) in [6.45, 7) is 0. The molecule has 23 heavy (non-hydrogen) atoms. The second-order valence-electron chi connectivity index (χ2n) is 5.47. The van der Waals surface area contributed by atoms with Crippen LogP contribution < -0.4 is 5.73 Å². The van der Waals surface area contributed by atoms with Crippen LogP contribution in [0.5, 0.6) is 0 Å². The molecule has 0 saturated heterocycles. The van der Waals surface area contributed by atoms with E-state index in [2.05, 4.69) is 10.2 Å². The predicted molar refractivity (Wildman–Crippen MR) is 91.0 cm³/mol. The summed E-state index contributed by atoms with van der Waals surface area (Å²) in [5.41, 5.74) is 7.27. The number of nitrogens with zero attached hydrogens (tertiary/aromatic N) is 2. The van der Waals surface area contributed by atoms with Crippen LogP contribution in [0, 0.1) is 0 Å². The van der Waals surface area contributed by atoms with Crippen molar-refractivity contribution < 1.29 is 4.79 Å². The van der Waals surface area contributed by atoms with Crippen molar-refractivity contribution >= 4 is 23.1 Å². The van der Waals surface area contributed by atoms with E-state index in [1.54, 1.807) is 18.2 Å². The van der Waals surface area contributed by atoms with Gasteiger partial charge in [-0.3, -0.25) is 10.5 Å². The summed E-state index contributed by atoms with van der Waals surface area (Å²) in [6.07, 6.45) is 2.58. The van der Waals surface area contributed by atoms with Crippen LogP contribution in [-0.2, 0) is 11.2 Å². The number of carbonyl (C=O) groups is 1. The Bertz CT molecular complexity index is 769. The molecule has 1 unspecified atom stereocenters. The van der Waals surface area contributed by atoms with E-state index in [0.29, 0.717) is 23.6 Å². The number of hydrogen-bond acceptors (Lipinski definition) is 4. The van der Waals surface area contributed by atoms with Gasteiger partial charge < -0.3 is 0 Å². The molecule has 4 nitrogen and oxygen atoms in total. The molecule has 2 aromatic rings. The van der Waals surface area contributed by atoms with Crippen molar-refractivity contribution in [3.8, 4) is 0 Å². The van der Waals surface area contributed by atoms with Crippen LogP contribution in [0.2, 0.25) is 5.02 Å². The minimum atomic E-state index is -1.37. The number of aryl methyl sites for hydroxylation is 1. The highest BCUT2D eigenvalue weighted by atomic mass is 35.5. The van der Waals surface area contributed by atoms with Gasteiger partial charge in [0.15, 0.2) is 5.78 Å². The summed E-state index contributed by atoms with van der Waals surface area (Å²) >= 11 is 5.87. The van der Waals surface area contributed by atoms with Gasteiger partial charge >= 0.3 is 0 Å². The lowest BCUT2D eigenvalue weighted by Crippen LogP contribution is -2.43. The van der Waals surface area contributed by atoms with Gasteiger partial charge in [-0.15, -0.1) is 0 Å². The molecule has 0 fully saturated rings. The Balaban J connectivity index is 1.71. The summed E-state index contributed by atoms with van der Waals surface area (Å²) in [4.78, 5) is 12.4. The molecule has 0 radical (unpaired) electrons. The number of nitrogens with two attached hydrogens (primary N) is 1. The lowest BCUT2D eigenvalue weighted by molar-refractivity contribution is -0.122. The molecule has 1 heterocycles. The van der Waals surface area contributed by atoms with Crippen LogP contribution in [-0.4, -0.2) is 11.4 Å². The second-order valence-corrected chi connectivity index (χ2v) is 5.91. The molecule has 1 aliphatic rings. The number of benzene rings is 2. The van der Waals surface area contributed by atoms with Gasteiger partial charge in [-0.1, -0.05) is 54.1 Å². The van der Waals surface area contributed by atoms with Gasteiger partial charge in [-0.25, -0.2) is 0 Å². The van der Waals surface area contributed by atoms with Crippen LogP contribution in [0.3, 0.4) is 0 Å². The largest absolute Gasteiger partial charge is 0.296 e. The monoisotopic (exact) mass is 325 g/mol. The van der Waals surface area contributed by atoms with E-state index in [1.165, 1.54) is 0 Å². The van der Waals surface area contributed by atoms with E-state index in [1.807, 2.05) is 42.5 Å². The molecule has 116 valence electrons. The van der Waals surface area contributed by atoms with Crippen molar-refractivity contribution in [1.82, 2.24) is 0 Å². The molecule has 0 bridgehead atoms. The summed E-state index contributed by atoms with van der Waals surface area (Å²) in [7, 11) is 0. The average Bonchev–Trinajstić information content (AvgIpc) is 2.98. The minimum absolute atomic E-state index is 0.144. The zero-order valence-corrected chi connectivity index (χ0v) is 13.2. The molecule has 1 aliphatic heterocycles. The Kier molecular flexibility index (Phi) is 4.37. The van der Waals surface area contributed by atoms with Gasteiger partial charge in [0, 0.05) is 17.0 Å². The first kappa shape index (κ1) is 15.6. The summed E-state index contributed by atoms with van der Waals surface area (Å²) in [6, 6.07) is 17.0. The highest BCUT2D eigenvalue weighted by Gasteiger charge is 2.35. The van der Waals surface area contributed by atoms with Crippen molar-refractivity contribution in [2.45, 2.75) is 18.5 Å². The standard InChI is InChI=1S/C18H16ClN3O/c19-15-9-7-14(8-10-15)16-12-18(20,22-21-16)17(23)11-6-13-4-2-1-3-5-13/h1-5,7-10,12H,6,11,20H2. The highest BCUT2D eigenvalue weighted by molar-refractivity contribution is 6.30. The average molecular weight is 326 g/mol. The maximum absolute atomic E-state index is 12.4. The fourth-order valence-corrected chi connectivity index (χ4v) is 2.53. The normalized spacial score (nSPS) is 19.7. The van der Waals surface area contributed by atoms with Crippen molar-refractivity contribution in [3.63, 3.8) is 0 Å². The Morgan fingerprint density at radius 1 is 1.09 bits per heavy atom. The van der Waals surface area contributed by atoms with E-state index in [4.69, 9.17) is 17.3 Å². The van der Waals surface area contributed by atoms with Gasteiger partial charge in [0.25, 0.3) is 0 Å². The van der Waals surface area contributed by atoms with E-state index < -0.39 is 5.66 Å². The molecule has 2 N–H and O–H groups in total. The lowest BCUT2D eigenvalue weighted by atomic mass is 9.98. The molecule has 1 atom stereocenters. The number of carbonyl (C=O) groups excluding carboxylic acids is 1. The molecule has 3 rings (SSSR count). The third kappa shape index (κ3) is 3.55. The first-order chi connectivity index (χ1) is 11.1. The maximum Gasteiger partial charge on any atom is 0.209 e. The van der Waals surface area contributed by atoms with E-state index in [9.17, 15) is 4.79 Å². The predicted octanol–water partition coefficient (Wildman–Crippen LogP) is 4.00. The fraction of sp³-hybridized carbons (Fsp3) is 0.167. The summed E-state index contributed by atoms with van der Waals surface area (Å²) in [5, 5.41) is 8.69. The van der Waals surface area contributed by atoms with Gasteiger partial charge in [-0.2, -0.15) is 10.2 Å². The Labute approximate surface area is 139 Å². The number of halogens is 1. The molecular formula is C18H16ClN3O. The zero-order valence-electron chi connectivity index (χ0n) is 12.4.